The molecule has 0 aliphatic carbocycles. The Kier molecular flexibility index (Phi) is 4.98. The fraction of sp³-hybridized carbons (Fsp3) is 0.476. The van der Waals surface area contributed by atoms with Crippen molar-refractivity contribution in [2.45, 2.75) is 44.9 Å². The number of anilines is 1. The average molecular weight is 350 g/mol. The van der Waals surface area contributed by atoms with E-state index in [0.29, 0.717) is 12.3 Å². The Morgan fingerprint density at radius 2 is 2.04 bits per heavy atom. The van der Waals surface area contributed by atoms with Gasteiger partial charge in [0.1, 0.15) is 11.6 Å². The van der Waals surface area contributed by atoms with Gasteiger partial charge in [0.2, 0.25) is 5.91 Å². The summed E-state index contributed by atoms with van der Waals surface area (Å²) in [6.07, 6.45) is 4.31. The van der Waals surface area contributed by atoms with Crippen molar-refractivity contribution in [2.24, 2.45) is 0 Å². The number of fused-ring (bicyclic) bond motifs is 1. The van der Waals surface area contributed by atoms with E-state index in [9.17, 15) is 4.79 Å². The topological polar surface area (TPSA) is 58.1 Å². The highest BCUT2D eigenvalue weighted by atomic mass is 16.2. The molecule has 2 aliphatic heterocycles. The van der Waals surface area contributed by atoms with Crippen LogP contribution in [-0.4, -0.2) is 35.5 Å². The number of aryl methyl sites for hydroxylation is 2. The van der Waals surface area contributed by atoms with E-state index in [1.165, 1.54) is 5.56 Å². The fourth-order valence-electron chi connectivity index (χ4n) is 3.98. The first-order chi connectivity index (χ1) is 12.7. The summed E-state index contributed by atoms with van der Waals surface area (Å²) in [5, 5.41) is 3.38. The molecule has 136 valence electrons. The molecule has 0 radical (unpaired) electrons. The summed E-state index contributed by atoms with van der Waals surface area (Å²) in [6.45, 7) is 4.73. The van der Waals surface area contributed by atoms with Crippen molar-refractivity contribution in [3.8, 4) is 0 Å². The lowest BCUT2D eigenvalue weighted by Gasteiger charge is -2.30. The Bertz CT molecular complexity index is 784. The smallest absolute Gasteiger partial charge is 0.228 e. The highest BCUT2D eigenvalue weighted by Crippen LogP contribution is 2.31. The van der Waals surface area contributed by atoms with E-state index < -0.39 is 0 Å². The first-order valence-electron chi connectivity index (χ1n) is 9.65. The normalized spacial score (nSPS) is 19.7. The van der Waals surface area contributed by atoms with Gasteiger partial charge in [-0.2, -0.15) is 0 Å². The van der Waals surface area contributed by atoms with E-state index in [-0.39, 0.29) is 5.91 Å². The zero-order valence-electron chi connectivity index (χ0n) is 15.4. The number of amides is 1. The van der Waals surface area contributed by atoms with Gasteiger partial charge in [0, 0.05) is 36.7 Å². The van der Waals surface area contributed by atoms with Gasteiger partial charge < -0.3 is 5.32 Å². The molecule has 1 amide bonds. The molecule has 1 aromatic carbocycles. The molecule has 5 heteroatoms. The number of hydrogen-bond donors (Lipinski definition) is 1. The Hall–Kier alpha value is -2.27. The Morgan fingerprint density at radius 3 is 2.81 bits per heavy atom. The number of benzene rings is 1. The highest BCUT2D eigenvalue weighted by Gasteiger charge is 2.29. The van der Waals surface area contributed by atoms with Gasteiger partial charge in [-0.1, -0.05) is 30.3 Å². The monoisotopic (exact) mass is 350 g/mol. The predicted molar refractivity (Wildman–Crippen MR) is 102 cm³/mol. The minimum Gasteiger partial charge on any atom is -0.316 e. The van der Waals surface area contributed by atoms with Crippen molar-refractivity contribution in [2.75, 3.05) is 24.5 Å². The van der Waals surface area contributed by atoms with Crippen LogP contribution in [-0.2, 0) is 17.6 Å². The van der Waals surface area contributed by atoms with Gasteiger partial charge in [0.15, 0.2) is 0 Å². The third-order valence-electron chi connectivity index (χ3n) is 5.47. The standard InChI is InChI=1S/C21H26N4O/c1-15-18-9-10-19(26)25(13-5-8-16-6-3-2-4-7-16)21(18)24-20(23-15)17-11-12-22-14-17/h2-4,6-7,17,22H,5,8-14H2,1H3. The fourth-order valence-corrected chi connectivity index (χ4v) is 3.98. The second-order valence-electron chi connectivity index (χ2n) is 7.29. The second-order valence-corrected chi connectivity index (χ2v) is 7.29. The van der Waals surface area contributed by atoms with Crippen LogP contribution < -0.4 is 10.2 Å². The van der Waals surface area contributed by atoms with E-state index in [2.05, 4.69) is 36.5 Å². The molecule has 1 aromatic heterocycles. The molecule has 1 unspecified atom stereocenters. The highest BCUT2D eigenvalue weighted by molar-refractivity contribution is 5.95. The van der Waals surface area contributed by atoms with Crippen LogP contribution in [0.4, 0.5) is 5.82 Å². The summed E-state index contributed by atoms with van der Waals surface area (Å²) in [7, 11) is 0. The number of carbonyl (C=O) groups is 1. The Labute approximate surface area is 154 Å². The SMILES string of the molecule is Cc1nc(C2CCNC2)nc2c1CCC(=O)N2CCCc1ccccc1. The maximum Gasteiger partial charge on any atom is 0.228 e. The number of carbonyl (C=O) groups excluding carboxylic acids is 1. The predicted octanol–water partition coefficient (Wildman–Crippen LogP) is 2.77. The molecule has 1 N–H and O–H groups in total. The van der Waals surface area contributed by atoms with Gasteiger partial charge in [-0.15, -0.1) is 0 Å². The van der Waals surface area contributed by atoms with Crippen LogP contribution in [0.25, 0.3) is 0 Å². The van der Waals surface area contributed by atoms with Crippen LogP contribution in [0.15, 0.2) is 30.3 Å². The van der Waals surface area contributed by atoms with Crippen molar-refractivity contribution < 1.29 is 4.79 Å². The molecule has 26 heavy (non-hydrogen) atoms. The molecule has 1 saturated heterocycles. The molecule has 1 atom stereocenters. The molecular weight excluding hydrogens is 324 g/mol. The van der Waals surface area contributed by atoms with Gasteiger partial charge >= 0.3 is 0 Å². The quantitative estimate of drug-likeness (QED) is 0.901. The summed E-state index contributed by atoms with van der Waals surface area (Å²) in [5.74, 6) is 2.32. The Morgan fingerprint density at radius 1 is 1.19 bits per heavy atom. The van der Waals surface area contributed by atoms with Gasteiger partial charge in [-0.3, -0.25) is 9.69 Å². The van der Waals surface area contributed by atoms with E-state index >= 15 is 0 Å². The molecule has 2 aliphatic rings. The molecule has 0 spiro atoms. The van der Waals surface area contributed by atoms with Crippen LogP contribution in [0, 0.1) is 6.92 Å². The van der Waals surface area contributed by atoms with E-state index in [1.54, 1.807) is 0 Å². The number of rotatable bonds is 5. The van der Waals surface area contributed by atoms with Crippen LogP contribution in [0.2, 0.25) is 0 Å². The minimum absolute atomic E-state index is 0.194. The zero-order valence-corrected chi connectivity index (χ0v) is 15.4. The van der Waals surface area contributed by atoms with Crippen molar-refractivity contribution in [3.63, 3.8) is 0 Å². The van der Waals surface area contributed by atoms with Crippen LogP contribution in [0.3, 0.4) is 0 Å². The molecule has 2 aromatic rings. The van der Waals surface area contributed by atoms with Crippen LogP contribution in [0.1, 0.15) is 47.8 Å². The Balaban J connectivity index is 1.55. The summed E-state index contributed by atoms with van der Waals surface area (Å²) in [6, 6.07) is 10.4. The molecule has 0 saturated carbocycles. The van der Waals surface area contributed by atoms with Gasteiger partial charge in [-0.25, -0.2) is 9.97 Å². The lowest BCUT2D eigenvalue weighted by molar-refractivity contribution is -0.119. The van der Waals surface area contributed by atoms with E-state index in [4.69, 9.17) is 9.97 Å². The van der Waals surface area contributed by atoms with Crippen molar-refractivity contribution >= 4 is 11.7 Å². The van der Waals surface area contributed by atoms with Crippen molar-refractivity contribution in [1.29, 1.82) is 0 Å². The maximum absolute atomic E-state index is 12.6. The van der Waals surface area contributed by atoms with Crippen molar-refractivity contribution in [3.05, 3.63) is 53.0 Å². The molecule has 0 bridgehead atoms. The zero-order chi connectivity index (χ0) is 17.9. The maximum atomic E-state index is 12.6. The summed E-state index contributed by atoms with van der Waals surface area (Å²) in [5.41, 5.74) is 3.50. The van der Waals surface area contributed by atoms with Crippen LogP contribution >= 0.6 is 0 Å². The summed E-state index contributed by atoms with van der Waals surface area (Å²) in [4.78, 5) is 24.1. The number of nitrogens with zero attached hydrogens (tertiary/aromatic N) is 3. The van der Waals surface area contributed by atoms with E-state index in [1.807, 2.05) is 11.0 Å². The third-order valence-corrected chi connectivity index (χ3v) is 5.47. The molecular formula is C21H26N4O. The van der Waals surface area contributed by atoms with Gasteiger partial charge in [0.05, 0.1) is 0 Å². The van der Waals surface area contributed by atoms with Crippen LogP contribution in [0.5, 0.6) is 0 Å². The molecule has 4 rings (SSSR count). The first-order valence-corrected chi connectivity index (χ1v) is 9.65. The lowest BCUT2D eigenvalue weighted by atomic mass is 10.0. The number of hydrogen-bond acceptors (Lipinski definition) is 4. The van der Waals surface area contributed by atoms with Gasteiger partial charge in [0.25, 0.3) is 0 Å². The summed E-state index contributed by atoms with van der Waals surface area (Å²) < 4.78 is 0. The molecule has 1 fully saturated rings. The number of aromatic nitrogens is 2. The lowest BCUT2D eigenvalue weighted by Crippen LogP contribution is -2.38. The van der Waals surface area contributed by atoms with Crippen molar-refractivity contribution in [1.82, 2.24) is 15.3 Å². The second kappa shape index (κ2) is 7.54. The third kappa shape index (κ3) is 3.49. The minimum atomic E-state index is 0.194. The first kappa shape index (κ1) is 17.2. The largest absolute Gasteiger partial charge is 0.316 e. The van der Waals surface area contributed by atoms with Gasteiger partial charge in [-0.05, 0) is 44.7 Å². The van der Waals surface area contributed by atoms with E-state index in [0.717, 1.165) is 68.2 Å². The number of nitrogens with one attached hydrogen (secondary N) is 1. The molecule has 3 heterocycles. The molecule has 5 nitrogen and oxygen atoms in total. The average Bonchev–Trinajstić information content (AvgIpc) is 3.19. The summed E-state index contributed by atoms with van der Waals surface area (Å²) >= 11 is 0.